The molecule has 0 saturated heterocycles. The molecule has 3 nitrogen and oxygen atoms in total. The van der Waals surface area contributed by atoms with Gasteiger partial charge < -0.3 is 5.32 Å². The molecule has 1 N–H and O–H groups in total. The molecule has 0 fully saturated rings. The van der Waals surface area contributed by atoms with Gasteiger partial charge in [-0.05, 0) is 43.5 Å². The quantitative estimate of drug-likeness (QED) is 0.726. The maximum Gasteiger partial charge on any atom is 0.178 e. The maximum atomic E-state index is 11.9. The summed E-state index contributed by atoms with van der Waals surface area (Å²) in [6.07, 6.45) is 2.80. The molecule has 0 saturated carbocycles. The van der Waals surface area contributed by atoms with E-state index < -0.39 is 9.84 Å². The first-order valence-electron chi connectivity index (χ1n) is 6.70. The summed E-state index contributed by atoms with van der Waals surface area (Å²) in [7, 11) is -3.10. The van der Waals surface area contributed by atoms with Crippen molar-refractivity contribution in [3.8, 4) is 0 Å². The predicted molar refractivity (Wildman–Crippen MR) is 84.9 cm³/mol. The van der Waals surface area contributed by atoms with E-state index in [1.807, 2.05) is 19.1 Å². The Morgan fingerprint density at radius 3 is 2.37 bits per heavy atom. The number of benzene rings is 1. The number of halogens is 1. The second-order valence-corrected chi connectivity index (χ2v) is 7.97. The molecule has 1 aromatic rings. The minimum absolute atomic E-state index is 0.210. The molecule has 1 atom stereocenters. The summed E-state index contributed by atoms with van der Waals surface area (Å²) in [5, 5.41) is 3.30. The normalized spacial score (nSPS) is 13.2. The number of alkyl halides is 1. The van der Waals surface area contributed by atoms with Crippen LogP contribution in [0.4, 0.5) is 5.69 Å². The Morgan fingerprint density at radius 1 is 1.21 bits per heavy atom. The van der Waals surface area contributed by atoms with Gasteiger partial charge in [0.05, 0.1) is 10.6 Å². The van der Waals surface area contributed by atoms with Gasteiger partial charge in [0.15, 0.2) is 9.84 Å². The third-order valence-corrected chi connectivity index (χ3v) is 5.96. The first-order valence-corrected chi connectivity index (χ1v) is 9.27. The fourth-order valence-corrected chi connectivity index (χ4v) is 3.30. The molecular weight excluding hydrogens is 326 g/mol. The Hall–Kier alpha value is -0.550. The molecule has 0 aromatic heterocycles. The molecule has 19 heavy (non-hydrogen) atoms. The van der Waals surface area contributed by atoms with Crippen molar-refractivity contribution in [3.05, 3.63) is 24.3 Å². The van der Waals surface area contributed by atoms with E-state index in [4.69, 9.17) is 0 Å². The fraction of sp³-hybridized carbons (Fsp3) is 0.571. The van der Waals surface area contributed by atoms with Crippen LogP contribution in [0.2, 0.25) is 0 Å². The molecule has 1 rings (SSSR count). The molecule has 0 aliphatic carbocycles. The van der Waals surface area contributed by atoms with Gasteiger partial charge in [-0.1, -0.05) is 29.8 Å². The van der Waals surface area contributed by atoms with E-state index in [0.29, 0.717) is 16.1 Å². The van der Waals surface area contributed by atoms with E-state index in [0.717, 1.165) is 25.1 Å². The van der Waals surface area contributed by atoms with Gasteiger partial charge in [0.2, 0.25) is 0 Å². The van der Waals surface area contributed by atoms with Crippen LogP contribution in [0.1, 0.15) is 33.1 Å². The number of nitrogens with one attached hydrogen (secondary N) is 1. The second kappa shape index (κ2) is 7.90. The highest BCUT2D eigenvalue weighted by Crippen LogP contribution is 2.16. The molecule has 0 amide bonds. The lowest BCUT2D eigenvalue weighted by atomic mass is 10.2. The Labute approximate surface area is 124 Å². The van der Waals surface area contributed by atoms with Crippen molar-refractivity contribution in [2.75, 3.05) is 17.6 Å². The molecule has 0 aliphatic heterocycles. The molecule has 0 heterocycles. The summed E-state index contributed by atoms with van der Waals surface area (Å²) in [6, 6.07) is 7.02. The van der Waals surface area contributed by atoms with E-state index in [1.165, 1.54) is 0 Å². The van der Waals surface area contributed by atoms with E-state index in [9.17, 15) is 8.42 Å². The highest BCUT2D eigenvalue weighted by Gasteiger charge is 2.12. The van der Waals surface area contributed by atoms with Crippen LogP contribution < -0.4 is 5.32 Å². The van der Waals surface area contributed by atoms with Gasteiger partial charge in [0.25, 0.3) is 0 Å². The minimum Gasteiger partial charge on any atom is -0.385 e. The summed E-state index contributed by atoms with van der Waals surface area (Å²) >= 11 is 3.59. The van der Waals surface area contributed by atoms with E-state index in [2.05, 4.69) is 28.2 Å². The van der Waals surface area contributed by atoms with Crippen molar-refractivity contribution in [1.29, 1.82) is 0 Å². The van der Waals surface area contributed by atoms with Crippen molar-refractivity contribution < 1.29 is 8.42 Å². The third kappa shape index (κ3) is 5.53. The average molecular weight is 348 g/mol. The second-order valence-electron chi connectivity index (χ2n) is 4.56. The smallest absolute Gasteiger partial charge is 0.178 e. The van der Waals surface area contributed by atoms with Crippen molar-refractivity contribution in [2.24, 2.45) is 0 Å². The lowest BCUT2D eigenvalue weighted by Crippen LogP contribution is -2.08. The van der Waals surface area contributed by atoms with Gasteiger partial charge in [-0.3, -0.25) is 0 Å². The van der Waals surface area contributed by atoms with E-state index >= 15 is 0 Å². The SMILES string of the molecule is CCCS(=O)(=O)c1ccc(NCCC(Br)CC)cc1. The average Bonchev–Trinajstić information content (AvgIpc) is 2.39. The zero-order chi connectivity index (χ0) is 14.3. The van der Waals surface area contributed by atoms with Gasteiger partial charge in [-0.25, -0.2) is 8.42 Å². The summed E-state index contributed by atoms with van der Waals surface area (Å²) in [4.78, 5) is 0.941. The molecule has 0 radical (unpaired) electrons. The minimum atomic E-state index is -3.10. The molecule has 1 aromatic carbocycles. The monoisotopic (exact) mass is 347 g/mol. The van der Waals surface area contributed by atoms with Crippen LogP contribution in [-0.2, 0) is 9.84 Å². The Balaban J connectivity index is 2.57. The van der Waals surface area contributed by atoms with Crippen LogP contribution in [0.25, 0.3) is 0 Å². The van der Waals surface area contributed by atoms with Gasteiger partial charge in [0.1, 0.15) is 0 Å². The van der Waals surface area contributed by atoms with Gasteiger partial charge >= 0.3 is 0 Å². The van der Waals surface area contributed by atoms with Crippen molar-refractivity contribution in [3.63, 3.8) is 0 Å². The van der Waals surface area contributed by atoms with Crippen LogP contribution in [0.5, 0.6) is 0 Å². The molecule has 1 unspecified atom stereocenters. The van der Waals surface area contributed by atoms with E-state index in [1.54, 1.807) is 12.1 Å². The van der Waals surface area contributed by atoms with Gasteiger partial charge in [0, 0.05) is 17.1 Å². The van der Waals surface area contributed by atoms with Crippen LogP contribution in [0.3, 0.4) is 0 Å². The van der Waals surface area contributed by atoms with Crippen LogP contribution in [0.15, 0.2) is 29.2 Å². The van der Waals surface area contributed by atoms with Crippen LogP contribution in [0, 0.1) is 0 Å². The highest BCUT2D eigenvalue weighted by atomic mass is 79.9. The first-order chi connectivity index (χ1) is 8.99. The molecule has 0 bridgehead atoms. The van der Waals surface area contributed by atoms with E-state index in [-0.39, 0.29) is 5.75 Å². The molecular formula is C14H22BrNO2S. The number of sulfone groups is 1. The predicted octanol–water partition coefficient (Wildman–Crippen LogP) is 3.85. The van der Waals surface area contributed by atoms with Crippen molar-refractivity contribution in [1.82, 2.24) is 0 Å². The molecule has 5 heteroatoms. The lowest BCUT2D eigenvalue weighted by molar-refractivity contribution is 0.595. The molecule has 108 valence electrons. The first kappa shape index (κ1) is 16.5. The zero-order valence-corrected chi connectivity index (χ0v) is 13.9. The van der Waals surface area contributed by atoms with Crippen LogP contribution in [-0.4, -0.2) is 25.5 Å². The van der Waals surface area contributed by atoms with Crippen LogP contribution >= 0.6 is 15.9 Å². The van der Waals surface area contributed by atoms with Crippen molar-refractivity contribution >= 4 is 31.5 Å². The summed E-state index contributed by atoms with van der Waals surface area (Å²) in [5.41, 5.74) is 0.964. The molecule has 0 aliphatic rings. The standard InChI is InChI=1S/C14H22BrNO2S/c1-3-11-19(17,18)14-7-5-13(6-8-14)16-10-9-12(15)4-2/h5-8,12,16H,3-4,9-11H2,1-2H3. The summed E-state index contributed by atoms with van der Waals surface area (Å²) in [5.74, 6) is 0.210. The van der Waals surface area contributed by atoms with Gasteiger partial charge in [-0.15, -0.1) is 0 Å². The zero-order valence-electron chi connectivity index (χ0n) is 11.5. The lowest BCUT2D eigenvalue weighted by Gasteiger charge is -2.10. The number of rotatable bonds is 8. The molecule has 0 spiro atoms. The van der Waals surface area contributed by atoms with Gasteiger partial charge in [-0.2, -0.15) is 0 Å². The largest absolute Gasteiger partial charge is 0.385 e. The van der Waals surface area contributed by atoms with Crippen molar-refractivity contribution in [2.45, 2.75) is 42.8 Å². The third-order valence-electron chi connectivity index (χ3n) is 2.92. The summed E-state index contributed by atoms with van der Waals surface area (Å²) in [6.45, 7) is 4.90. The number of hydrogen-bond donors (Lipinski definition) is 1. The Morgan fingerprint density at radius 2 is 1.84 bits per heavy atom. The fourth-order valence-electron chi connectivity index (χ4n) is 1.74. The maximum absolute atomic E-state index is 11.9. The number of anilines is 1. The summed E-state index contributed by atoms with van der Waals surface area (Å²) < 4.78 is 23.7. The Kier molecular flexibility index (Phi) is 6.86. The highest BCUT2D eigenvalue weighted by molar-refractivity contribution is 9.09. The topological polar surface area (TPSA) is 46.2 Å². The number of hydrogen-bond acceptors (Lipinski definition) is 3. The Bertz CT molecular complexity index is 471.